The molecule has 0 unspecified atom stereocenters. The maximum atomic E-state index is 12.3. The van der Waals surface area contributed by atoms with Crippen LogP contribution in [0, 0.1) is 10.1 Å². The number of nitro benzene ring substituents is 1. The number of methoxy groups -OCH3 is 1. The summed E-state index contributed by atoms with van der Waals surface area (Å²) in [5.41, 5.74) is -0.160. The molecule has 26 heavy (non-hydrogen) atoms. The summed E-state index contributed by atoms with van der Waals surface area (Å²) >= 11 is 3.82. The van der Waals surface area contributed by atoms with Crippen LogP contribution in [0.2, 0.25) is 0 Å². The number of nitro groups is 1. The minimum atomic E-state index is -0.634. The van der Waals surface area contributed by atoms with Gasteiger partial charge in [0.15, 0.2) is 0 Å². The fourth-order valence-electron chi connectivity index (χ4n) is 3.39. The molecular weight excluding hydrogens is 362 g/mol. The van der Waals surface area contributed by atoms with E-state index in [0.717, 1.165) is 0 Å². The number of benzene rings is 1. The van der Waals surface area contributed by atoms with Gasteiger partial charge in [0.1, 0.15) is 11.4 Å². The van der Waals surface area contributed by atoms with Crippen molar-refractivity contribution in [2.75, 3.05) is 26.7 Å². The van der Waals surface area contributed by atoms with Crippen molar-refractivity contribution < 1.29 is 24.0 Å². The normalized spacial score (nSPS) is 18.8. The van der Waals surface area contributed by atoms with Crippen LogP contribution in [0.1, 0.15) is 18.4 Å². The van der Waals surface area contributed by atoms with Gasteiger partial charge in [0.25, 0.3) is 10.9 Å². The van der Waals surface area contributed by atoms with Crippen LogP contribution in [-0.4, -0.2) is 58.4 Å². The first-order chi connectivity index (χ1) is 12.3. The first-order valence-electron chi connectivity index (χ1n) is 8.11. The molecule has 140 valence electrons. The molecule has 2 aliphatic heterocycles. The van der Waals surface area contributed by atoms with E-state index in [1.807, 2.05) is 0 Å². The van der Waals surface area contributed by atoms with Crippen molar-refractivity contribution in [2.24, 2.45) is 0 Å². The Bertz CT molecular complexity index is 748. The van der Waals surface area contributed by atoms with E-state index in [-0.39, 0.29) is 17.5 Å². The van der Waals surface area contributed by atoms with Gasteiger partial charge >= 0.3 is 6.09 Å². The van der Waals surface area contributed by atoms with Crippen LogP contribution in [-0.2, 0) is 11.3 Å². The molecule has 0 atom stereocenters. The van der Waals surface area contributed by atoms with E-state index in [1.165, 1.54) is 30.2 Å². The first kappa shape index (κ1) is 18.3. The quantitative estimate of drug-likeness (QED) is 0.488. The number of thiol groups is 1. The Labute approximate surface area is 155 Å². The Morgan fingerprint density at radius 2 is 2.12 bits per heavy atom. The summed E-state index contributed by atoms with van der Waals surface area (Å²) in [5, 5.41) is 10.7. The molecule has 0 saturated carbocycles. The Kier molecular flexibility index (Phi) is 4.94. The topological polar surface area (TPSA) is 102 Å². The van der Waals surface area contributed by atoms with Gasteiger partial charge in [-0.3, -0.25) is 19.8 Å². The van der Waals surface area contributed by atoms with Crippen molar-refractivity contribution in [3.63, 3.8) is 0 Å². The monoisotopic (exact) mass is 381 g/mol. The second kappa shape index (κ2) is 7.02. The zero-order chi connectivity index (χ0) is 18.9. The number of non-ortho nitro benzene ring substituents is 1. The molecule has 0 aromatic heterocycles. The van der Waals surface area contributed by atoms with Crippen LogP contribution >= 0.6 is 12.6 Å². The Morgan fingerprint density at radius 3 is 2.69 bits per heavy atom. The molecule has 0 bridgehead atoms. The van der Waals surface area contributed by atoms with E-state index in [0.29, 0.717) is 43.8 Å². The van der Waals surface area contributed by atoms with Crippen molar-refractivity contribution in [2.45, 2.75) is 25.0 Å². The maximum absolute atomic E-state index is 12.3. The highest BCUT2D eigenvalue weighted by Gasteiger charge is 2.47. The van der Waals surface area contributed by atoms with Gasteiger partial charge in [0.05, 0.1) is 25.1 Å². The van der Waals surface area contributed by atoms with Gasteiger partial charge in [-0.05, 0) is 6.07 Å². The highest BCUT2D eigenvalue weighted by Crippen LogP contribution is 2.35. The second-order valence-corrected chi connectivity index (χ2v) is 6.81. The third-order valence-electron chi connectivity index (χ3n) is 4.82. The van der Waals surface area contributed by atoms with Crippen LogP contribution in [0.4, 0.5) is 15.3 Å². The lowest BCUT2D eigenvalue weighted by Gasteiger charge is -2.36. The molecule has 0 aliphatic carbocycles. The zero-order valence-corrected chi connectivity index (χ0v) is 15.1. The summed E-state index contributed by atoms with van der Waals surface area (Å²) in [6.07, 6.45) is 0.602. The van der Waals surface area contributed by atoms with Crippen LogP contribution in [0.15, 0.2) is 18.2 Å². The van der Waals surface area contributed by atoms with Crippen LogP contribution in [0.5, 0.6) is 5.75 Å². The number of hydrogen-bond acceptors (Lipinski definition) is 6. The maximum Gasteiger partial charge on any atom is 0.410 e. The first-order valence-corrected chi connectivity index (χ1v) is 8.55. The summed E-state index contributed by atoms with van der Waals surface area (Å²) in [7, 11) is 1.47. The molecule has 2 amide bonds. The molecule has 1 aromatic carbocycles. The summed E-state index contributed by atoms with van der Waals surface area (Å²) in [6, 6.07) is 4.27. The molecule has 2 aliphatic rings. The smallest absolute Gasteiger partial charge is 0.410 e. The number of nitrogens with zero attached hydrogens (tertiary/aromatic N) is 3. The predicted molar refractivity (Wildman–Crippen MR) is 94.5 cm³/mol. The van der Waals surface area contributed by atoms with E-state index in [9.17, 15) is 19.7 Å². The van der Waals surface area contributed by atoms with Gasteiger partial charge in [-0.1, -0.05) is 12.6 Å². The number of rotatable bonds is 4. The van der Waals surface area contributed by atoms with E-state index in [1.54, 1.807) is 4.90 Å². The third-order valence-corrected chi connectivity index (χ3v) is 5.11. The molecule has 2 fully saturated rings. The molecule has 0 N–H and O–H groups in total. The average Bonchev–Trinajstić information content (AvgIpc) is 2.90. The molecule has 2 heterocycles. The standard InChI is InChI=1S/C16H19N3O6S/c1-24-13-3-2-12(19(22)23)8-11(13)9-18-10-16(25-14(18)20)4-6-17(7-5-16)15(21)26/h2-3,8H,4-7,9-10H2,1H3,(H,21,26). The van der Waals surface area contributed by atoms with Crippen molar-refractivity contribution >= 4 is 29.6 Å². The van der Waals surface area contributed by atoms with Gasteiger partial charge in [0.2, 0.25) is 0 Å². The molecule has 0 radical (unpaired) electrons. The minimum absolute atomic E-state index is 0.0660. The van der Waals surface area contributed by atoms with Crippen molar-refractivity contribution in [3.8, 4) is 5.75 Å². The van der Waals surface area contributed by atoms with E-state index in [4.69, 9.17) is 9.47 Å². The van der Waals surface area contributed by atoms with Gasteiger partial charge in [-0.2, -0.15) is 0 Å². The molecule has 3 rings (SSSR count). The molecular formula is C16H19N3O6S. The number of hydrogen-bond donors (Lipinski definition) is 1. The number of carbonyl (C=O) groups excluding carboxylic acids is 2. The van der Waals surface area contributed by atoms with Crippen molar-refractivity contribution in [1.82, 2.24) is 9.80 Å². The number of amides is 2. The van der Waals surface area contributed by atoms with E-state index in [2.05, 4.69) is 12.6 Å². The summed E-state index contributed by atoms with van der Waals surface area (Å²) < 4.78 is 10.9. The third kappa shape index (κ3) is 3.55. The zero-order valence-electron chi connectivity index (χ0n) is 14.2. The van der Waals surface area contributed by atoms with Crippen LogP contribution < -0.4 is 4.74 Å². The lowest BCUT2D eigenvalue weighted by Crippen LogP contribution is -2.47. The molecule has 1 aromatic rings. The highest BCUT2D eigenvalue weighted by molar-refractivity contribution is 7.96. The van der Waals surface area contributed by atoms with Gasteiger partial charge < -0.3 is 14.4 Å². The number of piperidine rings is 1. The van der Waals surface area contributed by atoms with Gasteiger partial charge in [-0.25, -0.2) is 4.79 Å². The summed E-state index contributed by atoms with van der Waals surface area (Å²) in [5.74, 6) is 0.472. The molecule has 10 heteroatoms. The molecule has 1 spiro atoms. The fraction of sp³-hybridized carbons (Fsp3) is 0.500. The SMILES string of the molecule is COc1ccc([N+](=O)[O-])cc1CN1CC2(CCN(C(=O)S)CC2)OC1=O. The number of likely N-dealkylation sites (tertiary alicyclic amines) is 1. The summed E-state index contributed by atoms with van der Waals surface area (Å²) in [6.45, 7) is 1.47. The number of carbonyl (C=O) groups is 2. The van der Waals surface area contributed by atoms with E-state index < -0.39 is 16.6 Å². The van der Waals surface area contributed by atoms with Crippen LogP contribution in [0.3, 0.4) is 0 Å². The van der Waals surface area contributed by atoms with Crippen molar-refractivity contribution in [1.29, 1.82) is 0 Å². The van der Waals surface area contributed by atoms with E-state index >= 15 is 0 Å². The minimum Gasteiger partial charge on any atom is -0.496 e. The predicted octanol–water partition coefficient (Wildman–Crippen LogP) is 2.44. The largest absolute Gasteiger partial charge is 0.496 e. The van der Waals surface area contributed by atoms with Gasteiger partial charge in [-0.15, -0.1) is 0 Å². The Morgan fingerprint density at radius 1 is 1.42 bits per heavy atom. The summed E-state index contributed by atoms with van der Waals surface area (Å²) in [4.78, 5) is 37.3. The highest BCUT2D eigenvalue weighted by atomic mass is 32.1. The Hall–Kier alpha value is -2.49. The molecule has 9 nitrogen and oxygen atoms in total. The molecule has 2 saturated heterocycles. The lowest BCUT2D eigenvalue weighted by atomic mass is 9.91. The van der Waals surface area contributed by atoms with Crippen molar-refractivity contribution in [3.05, 3.63) is 33.9 Å². The van der Waals surface area contributed by atoms with Crippen LogP contribution in [0.25, 0.3) is 0 Å². The average molecular weight is 381 g/mol. The van der Waals surface area contributed by atoms with Gasteiger partial charge in [0, 0.05) is 43.6 Å². The number of ether oxygens (including phenoxy) is 2. The Balaban J connectivity index is 1.74. The second-order valence-electron chi connectivity index (χ2n) is 6.43. The fourth-order valence-corrected chi connectivity index (χ4v) is 3.59. The lowest BCUT2D eigenvalue weighted by molar-refractivity contribution is -0.384.